The Balaban J connectivity index is 0.000000490. The van der Waals surface area contributed by atoms with Crippen molar-refractivity contribution in [2.75, 3.05) is 0 Å². The normalized spacial score (nSPS) is 9.75. The van der Waals surface area contributed by atoms with E-state index in [1.807, 2.05) is 77.9 Å². The summed E-state index contributed by atoms with van der Waals surface area (Å²) in [5.41, 5.74) is 15.5. The zero-order chi connectivity index (χ0) is 65.1. The molecule has 10 aromatic rings. The van der Waals surface area contributed by atoms with Crippen LogP contribution in [0.15, 0.2) is 170 Å². The summed E-state index contributed by atoms with van der Waals surface area (Å²) in [6, 6.07) is 52.3. The number of rotatable bonds is 0. The van der Waals surface area contributed by atoms with Crippen LogP contribution >= 0.6 is 23.2 Å². The van der Waals surface area contributed by atoms with E-state index in [2.05, 4.69) is 100 Å². The van der Waals surface area contributed by atoms with Gasteiger partial charge in [-0.25, -0.2) is 35.1 Å². The van der Waals surface area contributed by atoms with Gasteiger partial charge in [-0.05, 0) is 262 Å². The Hall–Kier alpha value is -7.52. The number of hydrogen-bond acceptors (Lipinski definition) is 0. The molecule has 464 valence electrons. The quantitative estimate of drug-likeness (QED) is 0.133. The summed E-state index contributed by atoms with van der Waals surface area (Å²) in [6.07, 6.45) is 0. The largest absolute Gasteiger partial charge is 0.207 e. The minimum atomic E-state index is -0.736. The van der Waals surface area contributed by atoms with Gasteiger partial charge in [-0.15, -0.1) is 0 Å². The zero-order valence-corrected chi connectivity index (χ0v) is 54.5. The van der Waals surface area contributed by atoms with E-state index in [4.69, 9.17) is 23.2 Å². The first kappa shape index (κ1) is 77.5. The van der Waals surface area contributed by atoms with Crippen LogP contribution in [0.4, 0.5) is 35.1 Å². The molecule has 87 heavy (non-hydrogen) atoms. The molecule has 0 saturated carbocycles. The maximum absolute atomic E-state index is 12.6. The van der Waals surface area contributed by atoms with Gasteiger partial charge in [-0.2, -0.15) is 0 Å². The van der Waals surface area contributed by atoms with Crippen molar-refractivity contribution >= 4 is 34.0 Å². The van der Waals surface area contributed by atoms with Gasteiger partial charge < -0.3 is 0 Å². The molecule has 0 heterocycles. The SMILES string of the molecule is C.Cc1cc(F)c(C)c(F)c1.Cc1cc(F)c(C)c(F)c1.Cc1ccc(C)c(Cl)c1.Cc1ccc(C)c(Cl)c1.Cc1ccc(C)c(F)c1.Cc1ccc(C)c(F)c1.Cc1ccc(C)c(F)c1F.Cc1ccc(C)c2ccccc12.Cc1ccc(C)cc1. The minimum Gasteiger partial charge on any atom is -0.207 e. The molecule has 0 spiro atoms. The highest BCUT2D eigenvalue weighted by molar-refractivity contribution is 6.31. The van der Waals surface area contributed by atoms with Crippen LogP contribution in [0.1, 0.15) is 108 Å². The number of aryl methyl sites for hydroxylation is 16. The van der Waals surface area contributed by atoms with Gasteiger partial charge in [0.1, 0.15) is 34.9 Å². The molecule has 0 aliphatic rings. The number of hydrogen-bond donors (Lipinski definition) is 0. The Morgan fingerprint density at radius 2 is 0.437 bits per heavy atom. The first-order valence-electron chi connectivity index (χ1n) is 27.9. The maximum atomic E-state index is 12.6. The lowest BCUT2D eigenvalue weighted by atomic mass is 10.0. The predicted octanol–water partition coefficient (Wildman–Crippen LogP) is 24.9. The van der Waals surface area contributed by atoms with Gasteiger partial charge in [0.2, 0.25) is 0 Å². The second kappa shape index (κ2) is 38.6. The molecule has 0 fully saturated rings. The fraction of sp³-hybridized carbons (Fsp3) is 0.247. The van der Waals surface area contributed by atoms with Crippen molar-refractivity contribution in [3.05, 3.63) is 327 Å². The van der Waals surface area contributed by atoms with Crippen molar-refractivity contribution in [2.24, 2.45) is 0 Å². The minimum absolute atomic E-state index is 0. The van der Waals surface area contributed by atoms with E-state index in [-0.39, 0.29) is 30.2 Å². The summed E-state index contributed by atoms with van der Waals surface area (Å²) in [5.74, 6) is -3.60. The second-order valence-electron chi connectivity index (χ2n) is 21.4. The van der Waals surface area contributed by atoms with Crippen molar-refractivity contribution < 1.29 is 35.1 Å². The molecule has 0 aromatic heterocycles. The van der Waals surface area contributed by atoms with Gasteiger partial charge in [0.25, 0.3) is 0 Å². The van der Waals surface area contributed by atoms with Crippen molar-refractivity contribution in [1.29, 1.82) is 0 Å². The van der Waals surface area contributed by atoms with E-state index >= 15 is 0 Å². The van der Waals surface area contributed by atoms with Crippen LogP contribution in [0.5, 0.6) is 0 Å². The summed E-state index contributed by atoms with van der Waals surface area (Å²) >= 11 is 11.6. The fourth-order valence-electron chi connectivity index (χ4n) is 7.32. The molecule has 0 bridgehead atoms. The Morgan fingerprint density at radius 3 is 0.678 bits per heavy atom. The average Bonchev–Trinajstić information content (AvgIpc) is 3.52. The molecule has 0 radical (unpaired) electrons. The van der Waals surface area contributed by atoms with Crippen LogP contribution in [-0.2, 0) is 0 Å². The topological polar surface area (TPSA) is 0 Å². The van der Waals surface area contributed by atoms with Gasteiger partial charge in [-0.3, -0.25) is 0 Å². The Kier molecular flexibility index (Phi) is 34.4. The molecule has 0 amide bonds. The van der Waals surface area contributed by atoms with Gasteiger partial charge in [-0.1, -0.05) is 163 Å². The lowest BCUT2D eigenvalue weighted by Gasteiger charge is -2.03. The Labute approximate surface area is 524 Å². The second-order valence-corrected chi connectivity index (χ2v) is 22.3. The third-order valence-electron chi connectivity index (χ3n) is 13.2. The fourth-order valence-corrected chi connectivity index (χ4v) is 7.79. The summed E-state index contributed by atoms with van der Waals surface area (Å²) in [5, 5.41) is 4.46. The zero-order valence-electron chi connectivity index (χ0n) is 52.9. The van der Waals surface area contributed by atoms with Gasteiger partial charge >= 0.3 is 0 Å². The van der Waals surface area contributed by atoms with Crippen LogP contribution in [0.25, 0.3) is 10.8 Å². The third kappa shape index (κ3) is 28.2. The van der Waals surface area contributed by atoms with Gasteiger partial charge in [0.15, 0.2) is 11.6 Å². The summed E-state index contributed by atoms with van der Waals surface area (Å²) in [7, 11) is 0. The van der Waals surface area contributed by atoms with Crippen molar-refractivity contribution in [2.45, 2.75) is 132 Å². The van der Waals surface area contributed by atoms with Crippen LogP contribution in [0.2, 0.25) is 10.0 Å². The summed E-state index contributed by atoms with van der Waals surface area (Å²) in [6.45, 7) is 33.1. The molecule has 0 nitrogen and oxygen atoms in total. The first-order valence-corrected chi connectivity index (χ1v) is 28.6. The lowest BCUT2D eigenvalue weighted by molar-refractivity contribution is 0.497. The maximum Gasteiger partial charge on any atom is 0.161 e. The molecular formula is C77H86Cl2F8. The molecular weight excluding hydrogens is 1150 g/mol. The summed E-state index contributed by atoms with van der Waals surface area (Å²) < 4.78 is 101. The van der Waals surface area contributed by atoms with E-state index in [1.165, 1.54) is 108 Å². The molecule has 10 rings (SSSR count). The van der Waals surface area contributed by atoms with Gasteiger partial charge in [0, 0.05) is 21.2 Å². The van der Waals surface area contributed by atoms with E-state index < -0.39 is 34.9 Å². The van der Waals surface area contributed by atoms with E-state index in [1.54, 1.807) is 52.0 Å². The highest BCUT2D eigenvalue weighted by Gasteiger charge is 2.07. The molecule has 0 saturated heterocycles. The molecule has 0 N–H and O–H groups in total. The van der Waals surface area contributed by atoms with E-state index in [9.17, 15) is 35.1 Å². The lowest BCUT2D eigenvalue weighted by Crippen LogP contribution is -1.91. The molecule has 0 atom stereocenters. The third-order valence-corrected chi connectivity index (χ3v) is 14.0. The van der Waals surface area contributed by atoms with Crippen molar-refractivity contribution in [3.63, 3.8) is 0 Å². The van der Waals surface area contributed by atoms with Crippen LogP contribution in [-0.4, -0.2) is 0 Å². The predicted molar refractivity (Wildman–Crippen MR) is 357 cm³/mol. The Bertz CT molecular complexity index is 3370. The van der Waals surface area contributed by atoms with E-state index in [0.29, 0.717) is 33.4 Å². The number of halogens is 10. The number of benzene rings is 10. The smallest absolute Gasteiger partial charge is 0.161 e. The Morgan fingerprint density at radius 1 is 0.218 bits per heavy atom. The molecule has 0 aliphatic heterocycles. The highest BCUT2D eigenvalue weighted by atomic mass is 35.5. The number of fused-ring (bicyclic) bond motifs is 1. The van der Waals surface area contributed by atoms with Crippen LogP contribution < -0.4 is 0 Å². The molecule has 10 heteroatoms. The molecule has 0 aliphatic carbocycles. The average molecular weight is 1230 g/mol. The monoisotopic (exact) mass is 1230 g/mol. The van der Waals surface area contributed by atoms with Crippen LogP contribution in [0.3, 0.4) is 0 Å². The highest BCUT2D eigenvalue weighted by Crippen LogP contribution is 2.22. The molecule has 10 aromatic carbocycles. The van der Waals surface area contributed by atoms with Crippen LogP contribution in [0, 0.1) is 171 Å². The summed E-state index contributed by atoms with van der Waals surface area (Å²) in [4.78, 5) is 0. The first-order chi connectivity index (χ1) is 40.2. The van der Waals surface area contributed by atoms with E-state index in [0.717, 1.165) is 32.3 Å². The molecule has 0 unspecified atom stereocenters. The van der Waals surface area contributed by atoms with Crippen molar-refractivity contribution in [1.82, 2.24) is 0 Å². The van der Waals surface area contributed by atoms with Crippen molar-refractivity contribution in [3.8, 4) is 0 Å². The van der Waals surface area contributed by atoms with Gasteiger partial charge in [0.05, 0.1) is 0 Å². The standard InChI is InChI=1S/C12H12.2C8H9Cl.3C8H8F2.2C8H9F.C8H10.CH4/c1-9-7-8-10(2)12-6-4-3-5-11(9)12;2*1-6-3-4-7(2)8(9)5-6;2*1-5-3-7(9)6(2)8(10)4-5;1-5-3-4-6(2)8(10)7(5)9;2*1-6-3-4-7(2)8(9)5-6;1-7-3-5-8(2)6-4-7;/h3-8H,1-2H3;2*3-5H,1-2H3;3*3-4H,1-2H3;2*3-5H,1-2H3;3-6H,1-2H3;1H4.